The molecule has 0 atom stereocenters. The summed E-state index contributed by atoms with van der Waals surface area (Å²) < 4.78 is 10.5. The van der Waals surface area contributed by atoms with E-state index in [1.165, 1.54) is 5.56 Å². The zero-order chi connectivity index (χ0) is 18.2. The van der Waals surface area contributed by atoms with Crippen molar-refractivity contribution >= 4 is 11.9 Å². The van der Waals surface area contributed by atoms with Gasteiger partial charge in [0.25, 0.3) is 0 Å². The topological polar surface area (TPSA) is 38.8 Å². The smallest absolute Gasteiger partial charge is 0.189 e. The molecule has 0 aliphatic carbocycles. The van der Waals surface area contributed by atoms with Crippen LogP contribution in [0.4, 0.5) is 0 Å². The van der Waals surface area contributed by atoms with Gasteiger partial charge in [0.2, 0.25) is 0 Å². The minimum Gasteiger partial charge on any atom is -0.497 e. The average Bonchev–Trinajstić information content (AvgIpc) is 2.64. The molecule has 25 heavy (non-hydrogen) atoms. The van der Waals surface area contributed by atoms with Crippen molar-refractivity contribution in [2.75, 3.05) is 34.9 Å². The largest absolute Gasteiger partial charge is 0.497 e. The zero-order valence-electron chi connectivity index (χ0n) is 15.3. The molecule has 2 rings (SSSR count). The van der Waals surface area contributed by atoms with Crippen molar-refractivity contribution in [1.82, 2.24) is 4.90 Å². The Morgan fingerprint density at radius 3 is 2.36 bits per heavy atom. The number of allylic oxidation sites excluding steroid dienone is 1. The molecular formula is C21H25NO3. The van der Waals surface area contributed by atoms with Crippen molar-refractivity contribution < 1.29 is 14.3 Å². The molecule has 0 unspecified atom stereocenters. The van der Waals surface area contributed by atoms with E-state index in [0.29, 0.717) is 17.1 Å². The van der Waals surface area contributed by atoms with Crippen LogP contribution < -0.4 is 9.47 Å². The highest BCUT2D eigenvalue weighted by atomic mass is 16.5. The summed E-state index contributed by atoms with van der Waals surface area (Å²) in [7, 11) is 7.25. The highest BCUT2D eigenvalue weighted by molar-refractivity contribution is 6.08. The molecule has 0 aliphatic rings. The van der Waals surface area contributed by atoms with Gasteiger partial charge in [-0.05, 0) is 55.9 Å². The van der Waals surface area contributed by atoms with E-state index in [9.17, 15) is 4.79 Å². The molecule has 0 aliphatic heterocycles. The average molecular weight is 339 g/mol. The summed E-state index contributed by atoms with van der Waals surface area (Å²) >= 11 is 0. The number of benzene rings is 2. The van der Waals surface area contributed by atoms with Crippen LogP contribution in [0.3, 0.4) is 0 Å². The minimum atomic E-state index is -0.118. The standard InChI is InChI=1S/C21H25NO3/c1-22(2)14-13-17-7-5-16(6-8-17)9-11-20(23)19-15-18(24-3)10-12-21(19)25-4/h5-12,15H,13-14H2,1-4H3/b11-9+. The van der Waals surface area contributed by atoms with Crippen LogP contribution in [0.5, 0.6) is 11.5 Å². The lowest BCUT2D eigenvalue weighted by Crippen LogP contribution is -2.14. The van der Waals surface area contributed by atoms with Crippen LogP contribution in [-0.2, 0) is 6.42 Å². The molecule has 0 fully saturated rings. The SMILES string of the molecule is COc1ccc(OC)c(C(=O)/C=C/c2ccc(CCN(C)C)cc2)c1. The number of carbonyl (C=O) groups is 1. The van der Waals surface area contributed by atoms with Crippen LogP contribution in [0, 0.1) is 0 Å². The summed E-state index contributed by atoms with van der Waals surface area (Å²) in [4.78, 5) is 14.6. The second-order valence-electron chi connectivity index (χ2n) is 6.06. The summed E-state index contributed by atoms with van der Waals surface area (Å²) in [6, 6.07) is 13.4. The van der Waals surface area contributed by atoms with Crippen molar-refractivity contribution in [3.63, 3.8) is 0 Å². The summed E-state index contributed by atoms with van der Waals surface area (Å²) in [6.07, 6.45) is 4.39. The Morgan fingerprint density at radius 1 is 1.04 bits per heavy atom. The Balaban J connectivity index is 2.09. The zero-order valence-corrected chi connectivity index (χ0v) is 15.3. The van der Waals surface area contributed by atoms with Gasteiger partial charge in [-0.25, -0.2) is 0 Å². The van der Waals surface area contributed by atoms with E-state index in [0.717, 1.165) is 18.5 Å². The number of hydrogen-bond acceptors (Lipinski definition) is 4. The third-order valence-electron chi connectivity index (χ3n) is 3.93. The molecule has 0 aromatic heterocycles. The fourth-order valence-corrected chi connectivity index (χ4v) is 2.42. The van der Waals surface area contributed by atoms with E-state index < -0.39 is 0 Å². The predicted octanol–water partition coefficient (Wildman–Crippen LogP) is 3.70. The number of carbonyl (C=O) groups excluding carboxylic acids is 1. The first kappa shape index (κ1) is 18.7. The molecule has 0 N–H and O–H groups in total. The third-order valence-corrected chi connectivity index (χ3v) is 3.93. The lowest BCUT2D eigenvalue weighted by molar-refractivity contribution is 0.104. The Labute approximate surface area is 149 Å². The van der Waals surface area contributed by atoms with E-state index in [-0.39, 0.29) is 5.78 Å². The predicted molar refractivity (Wildman–Crippen MR) is 102 cm³/mol. The van der Waals surface area contributed by atoms with Gasteiger partial charge in [0.05, 0.1) is 19.8 Å². The molecule has 0 saturated heterocycles. The van der Waals surface area contributed by atoms with Crippen LogP contribution >= 0.6 is 0 Å². The number of rotatable bonds is 8. The highest BCUT2D eigenvalue weighted by Crippen LogP contribution is 2.25. The van der Waals surface area contributed by atoms with Gasteiger partial charge < -0.3 is 14.4 Å². The van der Waals surface area contributed by atoms with E-state index in [1.807, 2.05) is 18.2 Å². The number of likely N-dealkylation sites (N-methyl/N-ethyl adjacent to an activating group) is 1. The highest BCUT2D eigenvalue weighted by Gasteiger charge is 2.11. The molecular weight excluding hydrogens is 314 g/mol. The maximum atomic E-state index is 12.5. The van der Waals surface area contributed by atoms with Crippen molar-refractivity contribution in [3.8, 4) is 11.5 Å². The Bertz CT molecular complexity index is 733. The minimum absolute atomic E-state index is 0.118. The first-order valence-corrected chi connectivity index (χ1v) is 8.21. The number of ether oxygens (including phenoxy) is 2. The first-order chi connectivity index (χ1) is 12.0. The van der Waals surface area contributed by atoms with E-state index in [1.54, 1.807) is 38.5 Å². The van der Waals surface area contributed by atoms with Gasteiger partial charge in [0.1, 0.15) is 11.5 Å². The Kier molecular flexibility index (Phi) is 6.78. The molecule has 0 radical (unpaired) electrons. The summed E-state index contributed by atoms with van der Waals surface area (Å²) in [5.41, 5.74) is 2.76. The maximum absolute atomic E-state index is 12.5. The van der Waals surface area contributed by atoms with Crippen LogP contribution in [0.25, 0.3) is 6.08 Å². The van der Waals surface area contributed by atoms with Crippen molar-refractivity contribution in [1.29, 1.82) is 0 Å². The fourth-order valence-electron chi connectivity index (χ4n) is 2.42. The van der Waals surface area contributed by atoms with Crippen molar-refractivity contribution in [3.05, 3.63) is 65.2 Å². The molecule has 132 valence electrons. The normalized spacial score (nSPS) is 11.1. The fraction of sp³-hybridized carbons (Fsp3) is 0.286. The molecule has 2 aromatic rings. The van der Waals surface area contributed by atoms with E-state index >= 15 is 0 Å². The van der Waals surface area contributed by atoms with Gasteiger partial charge >= 0.3 is 0 Å². The van der Waals surface area contributed by atoms with Crippen LogP contribution in [0.15, 0.2) is 48.5 Å². The molecule has 4 heteroatoms. The lowest BCUT2D eigenvalue weighted by atomic mass is 10.1. The van der Waals surface area contributed by atoms with E-state index in [4.69, 9.17) is 9.47 Å². The van der Waals surface area contributed by atoms with Crippen LogP contribution in [-0.4, -0.2) is 45.5 Å². The van der Waals surface area contributed by atoms with Gasteiger partial charge in [0.15, 0.2) is 5.78 Å². The lowest BCUT2D eigenvalue weighted by Gasteiger charge is -2.09. The molecule has 2 aromatic carbocycles. The monoisotopic (exact) mass is 339 g/mol. The molecule has 0 amide bonds. The molecule has 4 nitrogen and oxygen atoms in total. The molecule has 0 saturated carbocycles. The van der Waals surface area contributed by atoms with Gasteiger partial charge in [-0.3, -0.25) is 4.79 Å². The van der Waals surface area contributed by atoms with Crippen LogP contribution in [0.2, 0.25) is 0 Å². The Hall–Kier alpha value is -2.59. The quantitative estimate of drug-likeness (QED) is 0.543. The van der Waals surface area contributed by atoms with Crippen LogP contribution in [0.1, 0.15) is 21.5 Å². The maximum Gasteiger partial charge on any atom is 0.189 e. The van der Waals surface area contributed by atoms with E-state index in [2.05, 4.69) is 31.1 Å². The van der Waals surface area contributed by atoms with Gasteiger partial charge in [-0.15, -0.1) is 0 Å². The second-order valence-corrected chi connectivity index (χ2v) is 6.06. The molecule has 0 bridgehead atoms. The second kappa shape index (κ2) is 9.04. The van der Waals surface area contributed by atoms with Crippen molar-refractivity contribution in [2.24, 2.45) is 0 Å². The van der Waals surface area contributed by atoms with Gasteiger partial charge in [0, 0.05) is 6.54 Å². The summed E-state index contributed by atoms with van der Waals surface area (Å²) in [5, 5.41) is 0. The third kappa shape index (κ3) is 5.47. The number of methoxy groups -OCH3 is 2. The summed E-state index contributed by atoms with van der Waals surface area (Å²) in [6.45, 7) is 1.02. The first-order valence-electron chi connectivity index (χ1n) is 8.21. The number of nitrogens with zero attached hydrogens (tertiary/aromatic N) is 1. The number of hydrogen-bond donors (Lipinski definition) is 0. The summed E-state index contributed by atoms with van der Waals surface area (Å²) in [5.74, 6) is 1.05. The number of ketones is 1. The Morgan fingerprint density at radius 2 is 1.76 bits per heavy atom. The van der Waals surface area contributed by atoms with Crippen molar-refractivity contribution in [2.45, 2.75) is 6.42 Å². The molecule has 0 spiro atoms. The molecule has 0 heterocycles. The van der Waals surface area contributed by atoms with Gasteiger partial charge in [-0.2, -0.15) is 0 Å². The van der Waals surface area contributed by atoms with Gasteiger partial charge in [-0.1, -0.05) is 30.3 Å².